The highest BCUT2D eigenvalue weighted by Gasteiger charge is 2.33. The van der Waals surface area contributed by atoms with E-state index in [9.17, 15) is 12.8 Å². The van der Waals surface area contributed by atoms with Gasteiger partial charge in [-0.05, 0) is 35.6 Å². The van der Waals surface area contributed by atoms with Crippen LogP contribution in [0.15, 0.2) is 58.0 Å². The Bertz CT molecular complexity index is 1060. The van der Waals surface area contributed by atoms with E-state index in [1.54, 1.807) is 36.6 Å². The van der Waals surface area contributed by atoms with Crippen LogP contribution in [0.5, 0.6) is 0 Å². The number of hydrogen-bond acceptors (Lipinski definition) is 4. The van der Waals surface area contributed by atoms with Crippen molar-refractivity contribution in [3.05, 3.63) is 70.5 Å². The molecule has 1 aliphatic heterocycles. The van der Waals surface area contributed by atoms with Crippen LogP contribution in [0.2, 0.25) is 5.02 Å². The standard InChI is InChI=1S/C19H20ClFN4O2S2/c1-24(2)29(26,27)23-19(28-3)25-12-16(15-6-4-5-7-17(15)21)18(22-25)13-8-10-14(20)11-9-13/h4-11,16H,12H2,1-3H3. The fourth-order valence-corrected chi connectivity index (χ4v) is 4.36. The minimum absolute atomic E-state index is 0.212. The molecule has 3 rings (SSSR count). The molecule has 0 aromatic heterocycles. The first-order valence-electron chi connectivity index (χ1n) is 8.65. The van der Waals surface area contributed by atoms with E-state index in [2.05, 4.69) is 9.50 Å². The van der Waals surface area contributed by atoms with Gasteiger partial charge in [0.2, 0.25) is 0 Å². The van der Waals surface area contributed by atoms with Crippen molar-refractivity contribution >= 4 is 44.5 Å². The third-order valence-electron chi connectivity index (χ3n) is 4.39. The zero-order chi connectivity index (χ0) is 21.2. The molecule has 0 aliphatic carbocycles. The topological polar surface area (TPSA) is 65.3 Å². The number of hydrogen-bond donors (Lipinski definition) is 0. The number of amidine groups is 1. The van der Waals surface area contributed by atoms with Crippen molar-refractivity contribution in [2.45, 2.75) is 5.92 Å². The zero-order valence-electron chi connectivity index (χ0n) is 16.1. The predicted molar refractivity (Wildman–Crippen MR) is 117 cm³/mol. The van der Waals surface area contributed by atoms with Gasteiger partial charge in [0, 0.05) is 19.1 Å². The van der Waals surface area contributed by atoms with E-state index < -0.39 is 16.1 Å². The average Bonchev–Trinajstić information content (AvgIpc) is 3.12. The summed E-state index contributed by atoms with van der Waals surface area (Å²) in [6, 6.07) is 13.6. The second-order valence-corrected chi connectivity index (χ2v) is 9.50. The van der Waals surface area contributed by atoms with Crippen LogP contribution in [0, 0.1) is 5.82 Å². The van der Waals surface area contributed by atoms with Gasteiger partial charge >= 0.3 is 10.2 Å². The van der Waals surface area contributed by atoms with E-state index >= 15 is 0 Å². The predicted octanol–water partition coefficient (Wildman–Crippen LogP) is 3.81. The molecule has 2 aromatic rings. The Hall–Kier alpha value is -1.94. The van der Waals surface area contributed by atoms with E-state index in [1.807, 2.05) is 12.1 Å². The summed E-state index contributed by atoms with van der Waals surface area (Å²) in [7, 11) is -1.01. The number of benzene rings is 2. The Labute approximate surface area is 179 Å². The molecule has 2 aromatic carbocycles. The van der Waals surface area contributed by atoms with E-state index in [0.717, 1.165) is 21.6 Å². The maximum atomic E-state index is 14.5. The summed E-state index contributed by atoms with van der Waals surface area (Å²) < 4.78 is 43.9. The maximum absolute atomic E-state index is 14.5. The molecular formula is C19H20ClFN4O2S2. The van der Waals surface area contributed by atoms with Crippen molar-refractivity contribution in [1.82, 2.24) is 9.31 Å². The van der Waals surface area contributed by atoms with Gasteiger partial charge in [-0.15, -0.1) is 4.40 Å². The molecular weight excluding hydrogens is 435 g/mol. The lowest BCUT2D eigenvalue weighted by molar-refractivity contribution is 0.476. The van der Waals surface area contributed by atoms with Gasteiger partial charge in [0.1, 0.15) is 5.82 Å². The van der Waals surface area contributed by atoms with Crippen LogP contribution < -0.4 is 0 Å². The molecule has 0 saturated heterocycles. The van der Waals surface area contributed by atoms with Crippen LogP contribution in [0.3, 0.4) is 0 Å². The van der Waals surface area contributed by atoms with Crippen LogP contribution in [0.25, 0.3) is 0 Å². The van der Waals surface area contributed by atoms with Crippen LogP contribution >= 0.6 is 23.4 Å². The molecule has 1 aliphatic rings. The Balaban J connectivity index is 2.08. The first kappa shape index (κ1) is 21.8. The monoisotopic (exact) mass is 454 g/mol. The molecule has 154 valence electrons. The summed E-state index contributed by atoms with van der Waals surface area (Å²) in [6.07, 6.45) is 1.72. The fraction of sp³-hybridized carbons (Fsp3) is 0.263. The lowest BCUT2D eigenvalue weighted by Gasteiger charge is -2.18. The Morgan fingerprint density at radius 3 is 2.48 bits per heavy atom. The molecule has 1 atom stereocenters. The lowest BCUT2D eigenvalue weighted by atomic mass is 9.90. The van der Waals surface area contributed by atoms with Gasteiger partial charge in [0.25, 0.3) is 0 Å². The van der Waals surface area contributed by atoms with Crippen molar-refractivity contribution in [2.24, 2.45) is 9.50 Å². The Morgan fingerprint density at radius 1 is 1.24 bits per heavy atom. The molecule has 0 fully saturated rings. The molecule has 0 saturated carbocycles. The highest BCUT2D eigenvalue weighted by molar-refractivity contribution is 8.13. The van der Waals surface area contributed by atoms with E-state index in [1.165, 1.54) is 25.2 Å². The van der Waals surface area contributed by atoms with Gasteiger partial charge < -0.3 is 0 Å². The van der Waals surface area contributed by atoms with Gasteiger partial charge in [-0.25, -0.2) is 9.40 Å². The third kappa shape index (κ3) is 4.80. The molecule has 0 bridgehead atoms. The number of halogens is 2. The highest BCUT2D eigenvalue weighted by atomic mass is 35.5. The van der Waals surface area contributed by atoms with Crippen LogP contribution in [0.1, 0.15) is 17.0 Å². The van der Waals surface area contributed by atoms with Gasteiger partial charge in [-0.1, -0.05) is 53.7 Å². The number of rotatable bonds is 4. The molecule has 1 unspecified atom stereocenters. The molecule has 0 radical (unpaired) electrons. The molecule has 10 heteroatoms. The maximum Gasteiger partial charge on any atom is 0.324 e. The Kier molecular flexibility index (Phi) is 6.62. The lowest BCUT2D eigenvalue weighted by Crippen LogP contribution is -2.27. The number of nitrogens with zero attached hydrogens (tertiary/aromatic N) is 4. The van der Waals surface area contributed by atoms with Crippen molar-refractivity contribution in [2.75, 3.05) is 26.9 Å². The molecule has 0 amide bonds. The van der Waals surface area contributed by atoms with Crippen molar-refractivity contribution in [3.63, 3.8) is 0 Å². The first-order chi connectivity index (χ1) is 13.7. The fourth-order valence-electron chi connectivity index (χ4n) is 2.87. The van der Waals surface area contributed by atoms with Crippen LogP contribution in [-0.2, 0) is 10.2 Å². The second-order valence-electron chi connectivity index (χ2n) is 6.49. The van der Waals surface area contributed by atoms with Gasteiger partial charge in [-0.2, -0.15) is 17.8 Å². The van der Waals surface area contributed by atoms with Gasteiger partial charge in [-0.3, -0.25) is 0 Å². The second kappa shape index (κ2) is 8.83. The van der Waals surface area contributed by atoms with Crippen LogP contribution in [-0.4, -0.2) is 55.5 Å². The number of hydrazone groups is 1. The minimum atomic E-state index is -3.83. The Morgan fingerprint density at radius 2 is 1.90 bits per heavy atom. The normalized spacial score (nSPS) is 17.7. The zero-order valence-corrected chi connectivity index (χ0v) is 18.5. The van der Waals surface area contributed by atoms with Gasteiger partial charge in [0.05, 0.1) is 18.2 Å². The summed E-state index contributed by atoms with van der Waals surface area (Å²) in [5, 5.41) is 6.90. The molecule has 1 heterocycles. The van der Waals surface area contributed by atoms with Gasteiger partial charge in [0.15, 0.2) is 5.17 Å². The quantitative estimate of drug-likeness (QED) is 0.520. The summed E-state index contributed by atoms with van der Waals surface area (Å²) in [6.45, 7) is 0.265. The summed E-state index contributed by atoms with van der Waals surface area (Å²) in [5.74, 6) is -0.735. The smallest absolute Gasteiger partial charge is 0.240 e. The molecule has 29 heavy (non-hydrogen) atoms. The SMILES string of the molecule is CSC(=NS(=O)(=O)N(C)C)N1CC(c2ccccc2F)C(c2ccc(Cl)cc2)=N1. The largest absolute Gasteiger partial charge is 0.324 e. The van der Waals surface area contributed by atoms with Crippen molar-refractivity contribution in [3.8, 4) is 0 Å². The summed E-state index contributed by atoms with van der Waals surface area (Å²) in [4.78, 5) is 0. The summed E-state index contributed by atoms with van der Waals surface area (Å²) in [5.41, 5.74) is 1.89. The highest BCUT2D eigenvalue weighted by Crippen LogP contribution is 2.32. The average molecular weight is 455 g/mol. The molecule has 6 nitrogen and oxygen atoms in total. The third-order valence-corrected chi connectivity index (χ3v) is 6.75. The minimum Gasteiger partial charge on any atom is -0.240 e. The van der Waals surface area contributed by atoms with E-state index in [4.69, 9.17) is 11.6 Å². The number of thioether (sulfide) groups is 1. The molecule has 0 spiro atoms. The van der Waals surface area contributed by atoms with E-state index in [-0.39, 0.29) is 17.5 Å². The van der Waals surface area contributed by atoms with Crippen molar-refractivity contribution in [1.29, 1.82) is 0 Å². The summed E-state index contributed by atoms with van der Waals surface area (Å²) >= 11 is 7.16. The first-order valence-corrected chi connectivity index (χ1v) is 11.7. The molecule has 0 N–H and O–H groups in total. The van der Waals surface area contributed by atoms with Crippen LogP contribution in [0.4, 0.5) is 4.39 Å². The van der Waals surface area contributed by atoms with Crippen molar-refractivity contribution < 1.29 is 12.8 Å². The van der Waals surface area contributed by atoms with E-state index in [0.29, 0.717) is 16.3 Å².